The van der Waals surface area contributed by atoms with Gasteiger partial charge in [-0.1, -0.05) is 18.5 Å². The van der Waals surface area contributed by atoms with Gasteiger partial charge in [0.25, 0.3) is 15.9 Å². The van der Waals surface area contributed by atoms with Crippen LogP contribution >= 0.6 is 11.6 Å². The van der Waals surface area contributed by atoms with Crippen LogP contribution in [-0.4, -0.2) is 30.0 Å². The summed E-state index contributed by atoms with van der Waals surface area (Å²) in [6.07, 6.45) is 0.501. The first-order valence-corrected chi connectivity index (χ1v) is 8.72. The summed E-state index contributed by atoms with van der Waals surface area (Å²) < 4.78 is 27.7. The Labute approximate surface area is 143 Å². The Balaban J connectivity index is 2.30. The molecule has 0 aliphatic carbocycles. The van der Waals surface area contributed by atoms with Crippen LogP contribution in [0.25, 0.3) is 0 Å². The number of primary amides is 1. The normalized spacial score (nSPS) is 11.3. The second kappa shape index (κ2) is 6.62. The van der Waals surface area contributed by atoms with Crippen molar-refractivity contribution in [3.63, 3.8) is 0 Å². The Morgan fingerprint density at radius 3 is 2.33 bits per heavy atom. The summed E-state index contributed by atoms with van der Waals surface area (Å²) in [5, 5.41) is 4.17. The Bertz CT molecular complexity index is 904. The van der Waals surface area contributed by atoms with Gasteiger partial charge in [0.05, 0.1) is 15.6 Å². The number of sulfonamides is 1. The molecule has 2 aromatic rings. The maximum atomic E-state index is 12.3. The van der Waals surface area contributed by atoms with E-state index >= 15 is 0 Å². The number of hydrogen-bond acceptors (Lipinski definition) is 5. The van der Waals surface area contributed by atoms with E-state index in [9.17, 15) is 18.0 Å². The summed E-state index contributed by atoms with van der Waals surface area (Å²) >= 11 is 6.06. The van der Waals surface area contributed by atoms with Crippen molar-refractivity contribution in [1.82, 2.24) is 14.5 Å². The highest BCUT2D eigenvalue weighted by atomic mass is 35.5. The van der Waals surface area contributed by atoms with Crippen molar-refractivity contribution in [3.05, 3.63) is 46.2 Å². The molecule has 128 valence electrons. The first kappa shape index (κ1) is 18.0. The highest BCUT2D eigenvalue weighted by Gasteiger charge is 2.25. The van der Waals surface area contributed by atoms with Gasteiger partial charge in [0, 0.05) is 12.6 Å². The maximum Gasteiger partial charge on any atom is 0.284 e. The molecule has 24 heavy (non-hydrogen) atoms. The summed E-state index contributed by atoms with van der Waals surface area (Å²) in [5.74, 6) is -1.58. The fraction of sp³-hybridized carbons (Fsp3) is 0.214. The van der Waals surface area contributed by atoms with Crippen LogP contribution in [0.2, 0.25) is 5.02 Å². The Morgan fingerprint density at radius 2 is 1.88 bits per heavy atom. The van der Waals surface area contributed by atoms with Crippen LogP contribution in [0.15, 0.2) is 29.2 Å². The van der Waals surface area contributed by atoms with Crippen molar-refractivity contribution in [2.45, 2.75) is 18.2 Å². The number of amides is 2. The minimum absolute atomic E-state index is 0.0501. The molecule has 8 nitrogen and oxygen atoms in total. The lowest BCUT2D eigenvalue weighted by molar-refractivity contribution is 0.0969. The number of halogens is 1. The largest absolute Gasteiger partial charge is 0.366 e. The second-order valence-electron chi connectivity index (χ2n) is 4.91. The van der Waals surface area contributed by atoms with Gasteiger partial charge < -0.3 is 5.73 Å². The lowest BCUT2D eigenvalue weighted by atomic mass is 10.2. The molecule has 0 atom stereocenters. The predicted molar refractivity (Wildman–Crippen MR) is 87.2 cm³/mol. The number of carbonyl (C=O) groups excluding carboxylic acids is 2. The van der Waals surface area contributed by atoms with Crippen LogP contribution in [0, 0.1) is 0 Å². The molecule has 0 saturated heterocycles. The molecule has 0 fully saturated rings. The third kappa shape index (κ3) is 3.41. The SMILES string of the molecule is CCc1nn(C)c(C(=O)NS(=O)(=O)c2ccc(C(N)=O)cc2)c1Cl. The number of aryl methyl sites for hydroxylation is 2. The van der Waals surface area contributed by atoms with Gasteiger partial charge in [-0.2, -0.15) is 5.10 Å². The number of nitrogens with zero attached hydrogens (tertiary/aromatic N) is 2. The summed E-state index contributed by atoms with van der Waals surface area (Å²) in [5.41, 5.74) is 5.69. The minimum Gasteiger partial charge on any atom is -0.366 e. The Hall–Kier alpha value is -2.39. The summed E-state index contributed by atoms with van der Waals surface area (Å²) in [4.78, 5) is 23.1. The summed E-state index contributed by atoms with van der Waals surface area (Å²) in [6, 6.07) is 4.87. The molecule has 0 bridgehead atoms. The zero-order valence-electron chi connectivity index (χ0n) is 12.9. The van der Waals surface area contributed by atoms with Gasteiger partial charge in [0.2, 0.25) is 5.91 Å². The summed E-state index contributed by atoms with van der Waals surface area (Å²) in [7, 11) is -2.64. The van der Waals surface area contributed by atoms with E-state index in [0.29, 0.717) is 12.1 Å². The molecule has 1 heterocycles. The van der Waals surface area contributed by atoms with Crippen molar-refractivity contribution in [1.29, 1.82) is 0 Å². The van der Waals surface area contributed by atoms with E-state index in [1.54, 1.807) is 0 Å². The van der Waals surface area contributed by atoms with Crippen molar-refractivity contribution >= 4 is 33.4 Å². The van der Waals surface area contributed by atoms with Crippen molar-refractivity contribution in [2.75, 3.05) is 0 Å². The van der Waals surface area contributed by atoms with Crippen LogP contribution in [0.5, 0.6) is 0 Å². The van der Waals surface area contributed by atoms with Crippen molar-refractivity contribution in [3.8, 4) is 0 Å². The minimum atomic E-state index is -4.13. The lowest BCUT2D eigenvalue weighted by Crippen LogP contribution is -2.32. The monoisotopic (exact) mass is 370 g/mol. The Kier molecular flexibility index (Phi) is 4.95. The zero-order valence-corrected chi connectivity index (χ0v) is 14.5. The highest BCUT2D eigenvalue weighted by molar-refractivity contribution is 7.90. The number of carbonyl (C=O) groups is 2. The molecule has 0 saturated carbocycles. The molecule has 0 aliphatic heterocycles. The van der Waals surface area contributed by atoms with E-state index in [-0.39, 0.29) is 21.2 Å². The van der Waals surface area contributed by atoms with Crippen LogP contribution in [0.3, 0.4) is 0 Å². The molecule has 1 aromatic heterocycles. The van der Waals surface area contributed by atoms with Crippen molar-refractivity contribution in [2.24, 2.45) is 12.8 Å². The average Bonchev–Trinajstić information content (AvgIpc) is 2.81. The molecule has 2 amide bonds. The zero-order chi connectivity index (χ0) is 18.1. The van der Waals surface area contributed by atoms with Gasteiger partial charge in [0.1, 0.15) is 5.69 Å². The van der Waals surface area contributed by atoms with Gasteiger partial charge in [-0.3, -0.25) is 14.3 Å². The lowest BCUT2D eigenvalue weighted by Gasteiger charge is -2.08. The van der Waals surface area contributed by atoms with Crippen LogP contribution in [0.1, 0.15) is 33.5 Å². The van der Waals surface area contributed by atoms with E-state index in [0.717, 1.165) is 0 Å². The smallest absolute Gasteiger partial charge is 0.284 e. The van der Waals surface area contributed by atoms with Gasteiger partial charge in [-0.05, 0) is 30.7 Å². The van der Waals surface area contributed by atoms with Gasteiger partial charge in [0.15, 0.2) is 0 Å². The number of nitrogens with two attached hydrogens (primary N) is 1. The Morgan fingerprint density at radius 1 is 1.29 bits per heavy atom. The molecular weight excluding hydrogens is 356 g/mol. The van der Waals surface area contributed by atoms with E-state index in [2.05, 4.69) is 5.10 Å². The second-order valence-corrected chi connectivity index (χ2v) is 6.97. The first-order chi connectivity index (χ1) is 11.2. The number of hydrogen-bond donors (Lipinski definition) is 2. The number of rotatable bonds is 5. The number of nitrogens with one attached hydrogen (secondary N) is 1. The molecule has 0 spiro atoms. The quantitative estimate of drug-likeness (QED) is 0.807. The molecule has 0 unspecified atom stereocenters. The van der Waals surface area contributed by atoms with Crippen molar-refractivity contribution < 1.29 is 18.0 Å². The van der Waals surface area contributed by atoms with E-state index < -0.39 is 21.8 Å². The van der Waals surface area contributed by atoms with E-state index in [1.165, 1.54) is 36.0 Å². The van der Waals surface area contributed by atoms with Gasteiger partial charge >= 0.3 is 0 Å². The molecule has 3 N–H and O–H groups in total. The molecule has 0 aliphatic rings. The number of aromatic nitrogens is 2. The van der Waals surface area contributed by atoms with E-state index in [4.69, 9.17) is 17.3 Å². The molecule has 1 aromatic carbocycles. The molecule has 0 radical (unpaired) electrons. The number of benzene rings is 1. The summed E-state index contributed by atoms with van der Waals surface area (Å²) in [6.45, 7) is 1.81. The fourth-order valence-electron chi connectivity index (χ4n) is 2.05. The predicted octanol–water partition coefficient (Wildman–Crippen LogP) is 0.854. The third-order valence-corrected chi connectivity index (χ3v) is 5.03. The third-order valence-electron chi connectivity index (χ3n) is 3.28. The van der Waals surface area contributed by atoms with E-state index in [1.807, 2.05) is 11.6 Å². The molecule has 10 heteroatoms. The van der Waals surface area contributed by atoms with Crippen LogP contribution < -0.4 is 10.5 Å². The standard InChI is InChI=1S/C14H15ClN4O4S/c1-3-10-11(15)12(19(2)17-10)14(21)18-24(22,23)9-6-4-8(5-7-9)13(16)20/h4-7H,3H2,1-2H3,(H2,16,20)(H,18,21). The first-order valence-electron chi connectivity index (χ1n) is 6.85. The topological polar surface area (TPSA) is 124 Å². The van der Waals surface area contributed by atoms with Crippen LogP contribution in [0.4, 0.5) is 0 Å². The van der Waals surface area contributed by atoms with Gasteiger partial charge in [-0.15, -0.1) is 0 Å². The molecular formula is C14H15ClN4O4S. The highest BCUT2D eigenvalue weighted by Crippen LogP contribution is 2.21. The van der Waals surface area contributed by atoms with Crippen LogP contribution in [-0.2, 0) is 23.5 Å². The van der Waals surface area contributed by atoms with Gasteiger partial charge in [-0.25, -0.2) is 13.1 Å². The molecule has 2 rings (SSSR count). The maximum absolute atomic E-state index is 12.3. The average molecular weight is 371 g/mol. The fourth-order valence-corrected chi connectivity index (χ4v) is 3.39.